The molecule has 0 atom stereocenters. The fourth-order valence-electron chi connectivity index (χ4n) is 1.78. The summed E-state index contributed by atoms with van der Waals surface area (Å²) in [6.45, 7) is 3.97. The van der Waals surface area contributed by atoms with Crippen LogP contribution in [0.25, 0.3) is 0 Å². The molecule has 6 nitrogen and oxygen atoms in total. The minimum Gasteiger partial charge on any atom is -0.490 e. The summed E-state index contributed by atoms with van der Waals surface area (Å²) < 4.78 is 5.40. The molecule has 0 spiro atoms. The van der Waals surface area contributed by atoms with Crippen molar-refractivity contribution in [1.29, 1.82) is 0 Å². The van der Waals surface area contributed by atoms with E-state index in [4.69, 9.17) is 16.3 Å². The molecule has 128 valence electrons. The van der Waals surface area contributed by atoms with E-state index in [1.165, 1.54) is 6.21 Å². The fraction of sp³-hybridized carbons (Fsp3) is 0.0556. The first kappa shape index (κ1) is 18.2. The van der Waals surface area contributed by atoms with Crippen molar-refractivity contribution in [2.75, 3.05) is 11.9 Å². The summed E-state index contributed by atoms with van der Waals surface area (Å²) in [6, 6.07) is 13.5. The maximum atomic E-state index is 11.8. The fourth-order valence-corrected chi connectivity index (χ4v) is 1.90. The Bertz CT molecular complexity index is 788. The number of nitrogens with one attached hydrogen (secondary N) is 2. The first-order valence-corrected chi connectivity index (χ1v) is 7.70. The summed E-state index contributed by atoms with van der Waals surface area (Å²) >= 11 is 5.75. The molecular weight excluding hydrogens is 342 g/mol. The first-order valence-electron chi connectivity index (χ1n) is 7.32. The highest BCUT2D eigenvalue weighted by Gasteiger charge is 2.12. The number of benzene rings is 2. The topological polar surface area (TPSA) is 79.8 Å². The van der Waals surface area contributed by atoms with E-state index in [-0.39, 0.29) is 0 Å². The molecule has 0 aliphatic carbocycles. The normalized spacial score (nSPS) is 10.3. The number of anilines is 1. The van der Waals surface area contributed by atoms with Crippen LogP contribution in [-0.4, -0.2) is 24.6 Å². The van der Waals surface area contributed by atoms with Gasteiger partial charge in [0.15, 0.2) is 0 Å². The number of amides is 2. The lowest BCUT2D eigenvalue weighted by Gasteiger charge is -2.04. The average molecular weight is 358 g/mol. The second-order valence-electron chi connectivity index (χ2n) is 4.83. The Morgan fingerprint density at radius 2 is 1.92 bits per heavy atom. The molecule has 2 rings (SSSR count). The highest BCUT2D eigenvalue weighted by Crippen LogP contribution is 2.13. The van der Waals surface area contributed by atoms with Crippen LogP contribution in [0.2, 0.25) is 5.02 Å². The summed E-state index contributed by atoms with van der Waals surface area (Å²) in [7, 11) is 0. The molecule has 0 saturated carbocycles. The number of carbonyl (C=O) groups is 2. The Kier molecular flexibility index (Phi) is 6.74. The summed E-state index contributed by atoms with van der Waals surface area (Å²) in [6.07, 6.45) is 3.05. The molecule has 2 N–H and O–H groups in total. The predicted molar refractivity (Wildman–Crippen MR) is 98.0 cm³/mol. The van der Waals surface area contributed by atoms with Crippen LogP contribution in [-0.2, 0) is 9.59 Å². The summed E-state index contributed by atoms with van der Waals surface area (Å²) in [5, 5.41) is 6.73. The van der Waals surface area contributed by atoms with E-state index in [1.807, 2.05) is 0 Å². The lowest BCUT2D eigenvalue weighted by atomic mass is 10.2. The predicted octanol–water partition coefficient (Wildman–Crippen LogP) is 2.99. The number of hydrogen-bond donors (Lipinski definition) is 2. The van der Waals surface area contributed by atoms with Crippen molar-refractivity contribution in [3.05, 3.63) is 71.8 Å². The van der Waals surface area contributed by atoms with Gasteiger partial charge >= 0.3 is 11.8 Å². The minimum absolute atomic E-state index is 0.391. The van der Waals surface area contributed by atoms with E-state index in [0.29, 0.717) is 28.6 Å². The molecule has 25 heavy (non-hydrogen) atoms. The van der Waals surface area contributed by atoms with E-state index in [9.17, 15) is 9.59 Å². The second-order valence-corrected chi connectivity index (χ2v) is 5.27. The van der Waals surface area contributed by atoms with Crippen molar-refractivity contribution < 1.29 is 14.3 Å². The Hall–Kier alpha value is -3.12. The summed E-state index contributed by atoms with van der Waals surface area (Å²) in [5.41, 5.74) is 3.33. The lowest BCUT2D eigenvalue weighted by molar-refractivity contribution is -0.136. The number of hydrazone groups is 1. The molecule has 0 bridgehead atoms. The van der Waals surface area contributed by atoms with Gasteiger partial charge in [-0.15, -0.1) is 0 Å². The van der Waals surface area contributed by atoms with E-state index in [0.717, 1.165) is 0 Å². The van der Waals surface area contributed by atoms with Gasteiger partial charge in [-0.05, 0) is 42.0 Å². The molecule has 0 unspecified atom stereocenters. The van der Waals surface area contributed by atoms with Gasteiger partial charge in [0.25, 0.3) is 0 Å². The van der Waals surface area contributed by atoms with E-state index >= 15 is 0 Å². The molecule has 0 radical (unpaired) electrons. The summed E-state index contributed by atoms with van der Waals surface area (Å²) in [4.78, 5) is 23.5. The van der Waals surface area contributed by atoms with Gasteiger partial charge in [0.05, 0.1) is 6.21 Å². The van der Waals surface area contributed by atoms with E-state index < -0.39 is 11.8 Å². The Labute approximate surface area is 150 Å². The van der Waals surface area contributed by atoms with Gasteiger partial charge in [0, 0.05) is 10.7 Å². The Balaban J connectivity index is 1.88. The molecule has 0 heterocycles. The monoisotopic (exact) mass is 357 g/mol. The molecule has 0 aliphatic heterocycles. The van der Waals surface area contributed by atoms with Crippen LogP contribution in [0.4, 0.5) is 5.69 Å². The largest absolute Gasteiger partial charge is 0.490 e. The third kappa shape index (κ3) is 6.12. The Morgan fingerprint density at radius 3 is 2.64 bits per heavy atom. The molecule has 7 heteroatoms. The van der Waals surface area contributed by atoms with Gasteiger partial charge in [-0.2, -0.15) is 5.10 Å². The van der Waals surface area contributed by atoms with Crippen LogP contribution in [0, 0.1) is 0 Å². The number of nitrogens with zero attached hydrogens (tertiary/aromatic N) is 1. The number of hydrogen-bond acceptors (Lipinski definition) is 4. The van der Waals surface area contributed by atoms with Crippen molar-refractivity contribution in [3.63, 3.8) is 0 Å². The molecule has 2 amide bonds. The lowest BCUT2D eigenvalue weighted by Crippen LogP contribution is -2.32. The first-order chi connectivity index (χ1) is 12.1. The van der Waals surface area contributed by atoms with Crippen molar-refractivity contribution in [3.8, 4) is 5.75 Å². The molecule has 0 aliphatic rings. The van der Waals surface area contributed by atoms with Crippen LogP contribution < -0.4 is 15.5 Å². The van der Waals surface area contributed by atoms with Gasteiger partial charge < -0.3 is 10.1 Å². The van der Waals surface area contributed by atoms with Crippen LogP contribution >= 0.6 is 11.6 Å². The van der Waals surface area contributed by atoms with Crippen molar-refractivity contribution in [2.45, 2.75) is 0 Å². The minimum atomic E-state index is -0.884. The smallest absolute Gasteiger partial charge is 0.329 e. The van der Waals surface area contributed by atoms with E-state index in [1.54, 1.807) is 54.6 Å². The highest BCUT2D eigenvalue weighted by atomic mass is 35.5. The van der Waals surface area contributed by atoms with Gasteiger partial charge in [0.2, 0.25) is 0 Å². The molecule has 0 aromatic heterocycles. The zero-order valence-electron chi connectivity index (χ0n) is 13.2. The number of carbonyl (C=O) groups excluding carboxylic acids is 2. The maximum Gasteiger partial charge on any atom is 0.329 e. The zero-order valence-corrected chi connectivity index (χ0v) is 14.0. The molecule has 0 saturated heterocycles. The number of halogens is 1. The van der Waals surface area contributed by atoms with Gasteiger partial charge in [-0.25, -0.2) is 5.43 Å². The number of ether oxygens (including phenoxy) is 1. The molecular formula is C18H16ClN3O3. The van der Waals surface area contributed by atoms with Crippen molar-refractivity contribution >= 4 is 35.3 Å². The summed E-state index contributed by atoms with van der Waals surface area (Å²) in [5.74, 6) is -1.07. The quantitative estimate of drug-likeness (QED) is 0.361. The highest BCUT2D eigenvalue weighted by molar-refractivity contribution is 6.39. The van der Waals surface area contributed by atoms with Crippen LogP contribution in [0.1, 0.15) is 5.56 Å². The zero-order chi connectivity index (χ0) is 18.1. The van der Waals surface area contributed by atoms with Gasteiger partial charge in [0.1, 0.15) is 12.4 Å². The van der Waals surface area contributed by atoms with Crippen molar-refractivity contribution in [1.82, 2.24) is 5.43 Å². The maximum absolute atomic E-state index is 11.8. The third-order valence-corrected chi connectivity index (χ3v) is 3.17. The second kappa shape index (κ2) is 9.24. The third-order valence-electron chi connectivity index (χ3n) is 2.91. The Morgan fingerprint density at radius 1 is 1.16 bits per heavy atom. The SMILES string of the molecule is C=CCOc1cccc(/C=N/NC(=O)C(=O)Nc2ccc(Cl)cc2)c1. The molecule has 2 aromatic carbocycles. The van der Waals surface area contributed by atoms with Gasteiger partial charge in [-0.3, -0.25) is 9.59 Å². The standard InChI is InChI=1S/C18H16ClN3O3/c1-2-10-25-16-5-3-4-13(11-16)12-20-22-18(24)17(23)21-15-8-6-14(19)7-9-15/h2-9,11-12H,1,10H2,(H,21,23)(H,22,24)/b20-12+. The average Bonchev–Trinajstić information content (AvgIpc) is 2.62. The van der Waals surface area contributed by atoms with Crippen LogP contribution in [0.3, 0.4) is 0 Å². The van der Waals surface area contributed by atoms with Crippen LogP contribution in [0.15, 0.2) is 66.3 Å². The van der Waals surface area contributed by atoms with E-state index in [2.05, 4.69) is 22.4 Å². The van der Waals surface area contributed by atoms with Gasteiger partial charge in [-0.1, -0.05) is 36.4 Å². The molecule has 2 aromatic rings. The molecule has 0 fully saturated rings. The number of rotatable bonds is 6. The van der Waals surface area contributed by atoms with Crippen molar-refractivity contribution in [2.24, 2.45) is 5.10 Å². The van der Waals surface area contributed by atoms with Crippen LogP contribution in [0.5, 0.6) is 5.75 Å².